The third kappa shape index (κ3) is 6.23. The lowest BCUT2D eigenvalue weighted by atomic mass is 10.0. The molecule has 2 nitrogen and oxygen atoms in total. The second-order valence-corrected chi connectivity index (χ2v) is 8.39. The van der Waals surface area contributed by atoms with Crippen molar-refractivity contribution >= 4 is 51.0 Å². The zero-order chi connectivity index (χ0) is 19.9. The SMILES string of the molecule is Br.CCCCCCCCCCn1c(-c2cc(C)cc3ccccc23)nc(Cl)c1Cl. The van der Waals surface area contributed by atoms with Gasteiger partial charge in [0.2, 0.25) is 0 Å². The summed E-state index contributed by atoms with van der Waals surface area (Å²) in [6.07, 6.45) is 10.3. The van der Waals surface area contributed by atoms with Crippen LogP contribution in [-0.4, -0.2) is 9.55 Å². The smallest absolute Gasteiger partial charge is 0.166 e. The summed E-state index contributed by atoms with van der Waals surface area (Å²) >= 11 is 12.8. The fraction of sp³-hybridized carbons (Fsp3) is 0.458. The maximum Gasteiger partial charge on any atom is 0.166 e. The molecule has 1 heterocycles. The normalized spacial score (nSPS) is 11.0. The zero-order valence-corrected chi connectivity index (χ0v) is 20.6. The van der Waals surface area contributed by atoms with Crippen LogP contribution in [0.5, 0.6) is 0 Å². The molecule has 0 aliphatic rings. The molecule has 0 unspecified atom stereocenters. The molecule has 2 aromatic carbocycles. The number of benzene rings is 2. The largest absolute Gasteiger partial charge is 0.314 e. The third-order valence-corrected chi connectivity index (χ3v) is 6.09. The summed E-state index contributed by atoms with van der Waals surface area (Å²) in [5.74, 6) is 0.873. The van der Waals surface area contributed by atoms with Crippen molar-refractivity contribution in [3.8, 4) is 11.4 Å². The Kier molecular flexibility index (Phi) is 10.0. The Bertz CT molecular complexity index is 921. The molecule has 0 saturated heterocycles. The first-order valence-electron chi connectivity index (χ1n) is 10.5. The Balaban J connectivity index is 0.00000300. The number of halogens is 3. The van der Waals surface area contributed by atoms with Crippen molar-refractivity contribution in [3.63, 3.8) is 0 Å². The second-order valence-electron chi connectivity index (χ2n) is 7.68. The summed E-state index contributed by atoms with van der Waals surface area (Å²) in [4.78, 5) is 4.62. The minimum absolute atomic E-state index is 0. The first kappa shape index (κ1) is 24.2. The number of hydrogen-bond acceptors (Lipinski definition) is 1. The lowest BCUT2D eigenvalue weighted by Crippen LogP contribution is -2.02. The first-order valence-corrected chi connectivity index (χ1v) is 11.3. The Labute approximate surface area is 195 Å². The van der Waals surface area contributed by atoms with Crippen molar-refractivity contribution in [1.82, 2.24) is 9.55 Å². The van der Waals surface area contributed by atoms with Crippen LogP contribution in [0.25, 0.3) is 22.2 Å². The fourth-order valence-corrected chi connectivity index (χ4v) is 4.25. The number of imidazole rings is 1. The van der Waals surface area contributed by atoms with Gasteiger partial charge in [-0.3, -0.25) is 0 Å². The molecule has 3 rings (SSSR count). The van der Waals surface area contributed by atoms with Gasteiger partial charge in [-0.25, -0.2) is 4.98 Å². The molecule has 0 radical (unpaired) electrons. The van der Waals surface area contributed by atoms with Crippen molar-refractivity contribution in [3.05, 3.63) is 52.3 Å². The summed E-state index contributed by atoms with van der Waals surface area (Å²) in [5, 5.41) is 3.34. The van der Waals surface area contributed by atoms with Gasteiger partial charge in [0.05, 0.1) is 0 Å². The van der Waals surface area contributed by atoms with E-state index in [1.165, 1.54) is 61.3 Å². The van der Waals surface area contributed by atoms with Crippen molar-refractivity contribution < 1.29 is 0 Å². The van der Waals surface area contributed by atoms with Crippen molar-refractivity contribution in [1.29, 1.82) is 0 Å². The van der Waals surface area contributed by atoms with Crippen molar-refractivity contribution in [2.45, 2.75) is 71.8 Å². The third-order valence-electron chi connectivity index (χ3n) is 5.35. The highest BCUT2D eigenvalue weighted by atomic mass is 79.9. The van der Waals surface area contributed by atoms with E-state index in [1.54, 1.807) is 0 Å². The summed E-state index contributed by atoms with van der Waals surface area (Å²) in [5.41, 5.74) is 2.31. The number of unbranched alkanes of at least 4 members (excludes halogenated alkanes) is 7. The van der Waals surface area contributed by atoms with Gasteiger partial charge >= 0.3 is 0 Å². The van der Waals surface area contributed by atoms with E-state index >= 15 is 0 Å². The van der Waals surface area contributed by atoms with Crippen LogP contribution >= 0.6 is 40.2 Å². The highest BCUT2D eigenvalue weighted by molar-refractivity contribution is 8.93. The summed E-state index contributed by atoms with van der Waals surface area (Å²) in [7, 11) is 0. The summed E-state index contributed by atoms with van der Waals surface area (Å²) < 4.78 is 2.09. The van der Waals surface area contributed by atoms with E-state index in [1.807, 2.05) is 0 Å². The van der Waals surface area contributed by atoms with Crippen LogP contribution in [0.15, 0.2) is 36.4 Å². The van der Waals surface area contributed by atoms with E-state index in [0.717, 1.165) is 24.4 Å². The van der Waals surface area contributed by atoms with E-state index in [0.29, 0.717) is 10.3 Å². The Morgan fingerprint density at radius 2 is 1.55 bits per heavy atom. The van der Waals surface area contributed by atoms with Crippen LogP contribution in [-0.2, 0) is 6.54 Å². The molecule has 0 fully saturated rings. The summed E-state index contributed by atoms with van der Waals surface area (Å²) in [6.45, 7) is 5.23. The summed E-state index contributed by atoms with van der Waals surface area (Å²) in [6, 6.07) is 12.8. The number of fused-ring (bicyclic) bond motifs is 1. The van der Waals surface area contributed by atoms with Gasteiger partial charge in [0.15, 0.2) is 5.15 Å². The fourth-order valence-electron chi connectivity index (χ4n) is 3.86. The predicted molar refractivity (Wildman–Crippen MR) is 133 cm³/mol. The molecule has 3 aromatic rings. The van der Waals surface area contributed by atoms with Gasteiger partial charge in [0.1, 0.15) is 11.0 Å². The topological polar surface area (TPSA) is 17.8 Å². The quantitative estimate of drug-likeness (QED) is 0.255. The number of hydrogen-bond donors (Lipinski definition) is 0. The van der Waals surface area contributed by atoms with E-state index in [2.05, 4.69) is 59.8 Å². The van der Waals surface area contributed by atoms with Gasteiger partial charge in [-0.15, -0.1) is 17.0 Å². The molecule has 5 heteroatoms. The van der Waals surface area contributed by atoms with E-state index < -0.39 is 0 Å². The molecule has 0 aliphatic heterocycles. The monoisotopic (exact) mass is 496 g/mol. The van der Waals surface area contributed by atoms with Gasteiger partial charge in [0.25, 0.3) is 0 Å². The van der Waals surface area contributed by atoms with Gasteiger partial charge in [-0.2, -0.15) is 0 Å². The van der Waals surface area contributed by atoms with Crippen LogP contribution < -0.4 is 0 Å². The Morgan fingerprint density at radius 3 is 2.28 bits per heavy atom. The number of aromatic nitrogens is 2. The lowest BCUT2D eigenvalue weighted by Gasteiger charge is -2.12. The van der Waals surface area contributed by atoms with E-state index in [-0.39, 0.29) is 17.0 Å². The molecule has 0 spiro atoms. The molecule has 158 valence electrons. The molecule has 0 aliphatic carbocycles. The zero-order valence-electron chi connectivity index (χ0n) is 17.4. The van der Waals surface area contributed by atoms with Gasteiger partial charge < -0.3 is 4.57 Å². The van der Waals surface area contributed by atoms with Crippen LogP contribution in [0, 0.1) is 6.92 Å². The maximum absolute atomic E-state index is 6.52. The highest BCUT2D eigenvalue weighted by Gasteiger charge is 2.17. The lowest BCUT2D eigenvalue weighted by molar-refractivity contribution is 0.545. The van der Waals surface area contributed by atoms with Crippen LogP contribution in [0.1, 0.15) is 63.9 Å². The van der Waals surface area contributed by atoms with E-state index in [9.17, 15) is 0 Å². The van der Waals surface area contributed by atoms with E-state index in [4.69, 9.17) is 23.2 Å². The average molecular weight is 498 g/mol. The molecule has 0 bridgehead atoms. The van der Waals surface area contributed by atoms with Crippen LogP contribution in [0.4, 0.5) is 0 Å². The number of rotatable bonds is 10. The highest BCUT2D eigenvalue weighted by Crippen LogP contribution is 2.34. The minimum atomic E-state index is 0. The molecule has 29 heavy (non-hydrogen) atoms. The second kappa shape index (κ2) is 12.0. The molecule has 0 amide bonds. The average Bonchev–Trinajstić information content (AvgIpc) is 2.97. The first-order chi connectivity index (χ1) is 13.6. The molecule has 0 N–H and O–H groups in total. The van der Waals surface area contributed by atoms with Gasteiger partial charge in [-0.05, 0) is 35.7 Å². The molecular formula is C24H31BrCl2N2. The van der Waals surface area contributed by atoms with Crippen LogP contribution in [0.3, 0.4) is 0 Å². The molecule has 1 aromatic heterocycles. The standard InChI is InChI=1S/C24H30Cl2N2.BrH/c1-3-4-5-6-7-8-9-12-15-28-23(26)22(25)27-24(28)21-17-18(2)16-19-13-10-11-14-20(19)21;/h10-11,13-14,16-17H,3-9,12,15H2,1-2H3;1H. The van der Waals surface area contributed by atoms with Crippen molar-refractivity contribution in [2.24, 2.45) is 0 Å². The molecular weight excluding hydrogens is 467 g/mol. The predicted octanol–water partition coefficient (Wildman–Crippen LogP) is 9.04. The minimum Gasteiger partial charge on any atom is -0.314 e. The molecule has 0 saturated carbocycles. The van der Waals surface area contributed by atoms with Gasteiger partial charge in [-0.1, -0.05) is 105 Å². The maximum atomic E-state index is 6.52. The van der Waals surface area contributed by atoms with Crippen LogP contribution in [0.2, 0.25) is 10.3 Å². The number of nitrogens with zero attached hydrogens (tertiary/aromatic N) is 2. The number of aryl methyl sites for hydroxylation is 1. The Hall–Kier alpha value is -1.03. The van der Waals surface area contributed by atoms with Gasteiger partial charge in [0, 0.05) is 12.1 Å². The Morgan fingerprint density at radius 1 is 0.897 bits per heavy atom. The van der Waals surface area contributed by atoms with Crippen molar-refractivity contribution in [2.75, 3.05) is 0 Å². The molecule has 0 atom stereocenters.